The van der Waals surface area contributed by atoms with E-state index >= 15 is 0 Å². The minimum Gasteiger partial charge on any atom is -0.490 e. The minimum atomic E-state index is -1.10. The molecule has 1 atom stereocenters. The lowest BCUT2D eigenvalue weighted by atomic mass is 10.2. The highest BCUT2D eigenvalue weighted by atomic mass is 16.9. The van der Waals surface area contributed by atoms with Crippen LogP contribution in [0.4, 0.5) is 0 Å². The number of carbonyl (C=O) groups is 1. The molecule has 6 heteroatoms. The number of fused-ring (bicyclic) bond motifs is 1. The molecule has 0 amide bonds. The fourth-order valence-corrected chi connectivity index (χ4v) is 2.48. The number of rotatable bonds is 10. The first kappa shape index (κ1) is 18.4. The Kier molecular flexibility index (Phi) is 6.73. The molecule has 0 aliphatic carbocycles. The molecule has 0 saturated heterocycles. The summed E-state index contributed by atoms with van der Waals surface area (Å²) in [5, 5.41) is 0. The van der Waals surface area contributed by atoms with Gasteiger partial charge >= 0.3 is 11.9 Å². The Morgan fingerprint density at radius 2 is 1.96 bits per heavy atom. The van der Waals surface area contributed by atoms with Crippen LogP contribution in [0.5, 0.6) is 17.2 Å². The van der Waals surface area contributed by atoms with Gasteiger partial charge in [-0.2, -0.15) is 0 Å². The van der Waals surface area contributed by atoms with Gasteiger partial charge in [0.25, 0.3) is 0 Å². The van der Waals surface area contributed by atoms with E-state index in [-0.39, 0.29) is 5.97 Å². The van der Waals surface area contributed by atoms with E-state index in [1.807, 2.05) is 32.0 Å². The summed E-state index contributed by atoms with van der Waals surface area (Å²) in [5.41, 5.74) is 0. The van der Waals surface area contributed by atoms with E-state index in [0.29, 0.717) is 43.5 Å². The van der Waals surface area contributed by atoms with Crippen molar-refractivity contribution in [3.63, 3.8) is 0 Å². The lowest BCUT2D eigenvalue weighted by Crippen LogP contribution is -2.37. The lowest BCUT2D eigenvalue weighted by Gasteiger charge is -2.21. The highest BCUT2D eigenvalue weighted by Crippen LogP contribution is 2.46. The van der Waals surface area contributed by atoms with Crippen molar-refractivity contribution in [2.75, 3.05) is 19.8 Å². The van der Waals surface area contributed by atoms with E-state index in [1.165, 1.54) is 0 Å². The van der Waals surface area contributed by atoms with E-state index in [2.05, 4.69) is 0 Å². The standard InChI is InChI=1S/C18H26O6/c1-4-20-16(19)12-7-6-8-13-21-14-10-9-11-15-17(14)24-18(3,23-15)22-5-2/h9-11H,4-8,12-13H2,1-3H3. The molecule has 1 aromatic rings. The number of hydrogen-bond donors (Lipinski definition) is 0. The molecule has 0 saturated carbocycles. The predicted molar refractivity (Wildman–Crippen MR) is 88.3 cm³/mol. The third-order valence-electron chi connectivity index (χ3n) is 3.52. The Balaban J connectivity index is 1.75. The van der Waals surface area contributed by atoms with Crippen molar-refractivity contribution in [2.24, 2.45) is 0 Å². The summed E-state index contributed by atoms with van der Waals surface area (Å²) >= 11 is 0. The third-order valence-corrected chi connectivity index (χ3v) is 3.52. The largest absolute Gasteiger partial charge is 0.490 e. The topological polar surface area (TPSA) is 63.2 Å². The average Bonchev–Trinajstić information content (AvgIpc) is 2.88. The number of ether oxygens (including phenoxy) is 5. The number of esters is 1. The lowest BCUT2D eigenvalue weighted by molar-refractivity contribution is -0.266. The molecule has 1 aliphatic rings. The molecule has 0 aromatic heterocycles. The molecule has 134 valence electrons. The number of unbranched alkanes of at least 4 members (excludes halogenated alkanes) is 2. The van der Waals surface area contributed by atoms with Gasteiger partial charge in [-0.15, -0.1) is 0 Å². The number of hydrogen-bond acceptors (Lipinski definition) is 6. The Morgan fingerprint density at radius 1 is 1.12 bits per heavy atom. The molecule has 1 aromatic carbocycles. The zero-order chi connectivity index (χ0) is 17.4. The Labute approximate surface area is 143 Å². The van der Waals surface area contributed by atoms with Crippen LogP contribution in [0.15, 0.2) is 18.2 Å². The summed E-state index contributed by atoms with van der Waals surface area (Å²) < 4.78 is 27.6. The molecular weight excluding hydrogens is 312 g/mol. The van der Waals surface area contributed by atoms with Gasteiger partial charge in [-0.25, -0.2) is 0 Å². The van der Waals surface area contributed by atoms with Gasteiger partial charge in [-0.05, 0) is 45.2 Å². The number of para-hydroxylation sites is 1. The quantitative estimate of drug-likeness (QED) is 0.479. The SMILES string of the molecule is CCOC(=O)CCCCCOc1cccc2c1OC(C)(OCC)O2. The van der Waals surface area contributed by atoms with Crippen molar-refractivity contribution < 1.29 is 28.5 Å². The fourth-order valence-electron chi connectivity index (χ4n) is 2.48. The maximum absolute atomic E-state index is 11.2. The van der Waals surface area contributed by atoms with E-state index in [4.69, 9.17) is 23.7 Å². The van der Waals surface area contributed by atoms with Crippen LogP contribution in [0.1, 0.15) is 46.5 Å². The van der Waals surface area contributed by atoms with Crippen LogP contribution in [0.2, 0.25) is 0 Å². The van der Waals surface area contributed by atoms with Crippen LogP contribution >= 0.6 is 0 Å². The minimum absolute atomic E-state index is 0.139. The average molecular weight is 338 g/mol. The van der Waals surface area contributed by atoms with Crippen LogP contribution in [0.25, 0.3) is 0 Å². The van der Waals surface area contributed by atoms with Gasteiger partial charge in [0, 0.05) is 13.3 Å². The summed E-state index contributed by atoms with van der Waals surface area (Å²) in [6, 6.07) is 5.53. The summed E-state index contributed by atoms with van der Waals surface area (Å²) in [4.78, 5) is 11.2. The highest BCUT2D eigenvalue weighted by Gasteiger charge is 2.39. The van der Waals surface area contributed by atoms with Gasteiger partial charge in [0.15, 0.2) is 11.5 Å². The molecule has 2 rings (SSSR count). The molecule has 1 unspecified atom stereocenters. The Bertz CT molecular complexity index is 544. The zero-order valence-electron chi connectivity index (χ0n) is 14.6. The van der Waals surface area contributed by atoms with Crippen LogP contribution in [0.3, 0.4) is 0 Å². The molecule has 0 N–H and O–H groups in total. The van der Waals surface area contributed by atoms with Crippen molar-refractivity contribution in [1.29, 1.82) is 0 Å². The number of carbonyl (C=O) groups excluding carboxylic acids is 1. The maximum Gasteiger partial charge on any atom is 0.369 e. The van der Waals surface area contributed by atoms with Crippen LogP contribution in [-0.2, 0) is 14.3 Å². The summed E-state index contributed by atoms with van der Waals surface area (Å²) in [6.07, 6.45) is 3.02. The smallest absolute Gasteiger partial charge is 0.369 e. The first-order valence-electron chi connectivity index (χ1n) is 8.51. The van der Waals surface area contributed by atoms with Gasteiger partial charge in [-0.3, -0.25) is 4.79 Å². The Hall–Kier alpha value is -1.95. The van der Waals surface area contributed by atoms with Crippen LogP contribution < -0.4 is 14.2 Å². The second-order valence-electron chi connectivity index (χ2n) is 5.55. The summed E-state index contributed by atoms with van der Waals surface area (Å²) in [7, 11) is 0. The zero-order valence-corrected chi connectivity index (χ0v) is 14.6. The van der Waals surface area contributed by atoms with Crippen molar-refractivity contribution in [3.8, 4) is 17.2 Å². The molecule has 0 spiro atoms. The second-order valence-corrected chi connectivity index (χ2v) is 5.55. The van der Waals surface area contributed by atoms with Crippen molar-refractivity contribution >= 4 is 5.97 Å². The first-order valence-corrected chi connectivity index (χ1v) is 8.51. The Morgan fingerprint density at radius 3 is 2.71 bits per heavy atom. The van der Waals surface area contributed by atoms with E-state index in [9.17, 15) is 4.79 Å². The predicted octanol–water partition coefficient (Wildman–Crippen LogP) is 3.67. The normalized spacial score (nSPS) is 18.5. The van der Waals surface area contributed by atoms with E-state index < -0.39 is 5.97 Å². The highest BCUT2D eigenvalue weighted by molar-refractivity contribution is 5.69. The maximum atomic E-state index is 11.2. The van der Waals surface area contributed by atoms with Crippen molar-refractivity contribution in [3.05, 3.63) is 18.2 Å². The van der Waals surface area contributed by atoms with Crippen molar-refractivity contribution in [1.82, 2.24) is 0 Å². The molecule has 6 nitrogen and oxygen atoms in total. The fraction of sp³-hybridized carbons (Fsp3) is 0.611. The molecule has 24 heavy (non-hydrogen) atoms. The van der Waals surface area contributed by atoms with Crippen molar-refractivity contribution in [2.45, 2.75) is 52.4 Å². The molecule has 1 aliphatic heterocycles. The first-order chi connectivity index (χ1) is 11.6. The summed E-state index contributed by atoms with van der Waals surface area (Å²) in [6.45, 7) is 6.90. The monoisotopic (exact) mass is 338 g/mol. The van der Waals surface area contributed by atoms with Gasteiger partial charge < -0.3 is 23.7 Å². The van der Waals surface area contributed by atoms with E-state index in [1.54, 1.807) is 6.92 Å². The molecule has 0 bridgehead atoms. The van der Waals surface area contributed by atoms with Crippen LogP contribution in [-0.4, -0.2) is 31.8 Å². The molecule has 0 fully saturated rings. The molecule has 1 heterocycles. The van der Waals surface area contributed by atoms with Crippen LogP contribution in [0, 0.1) is 0 Å². The summed E-state index contributed by atoms with van der Waals surface area (Å²) in [5.74, 6) is 0.586. The third kappa shape index (κ3) is 5.03. The van der Waals surface area contributed by atoms with Gasteiger partial charge in [0.2, 0.25) is 5.75 Å². The molecular formula is C18H26O6. The van der Waals surface area contributed by atoms with Gasteiger partial charge in [-0.1, -0.05) is 6.07 Å². The number of benzene rings is 1. The second kappa shape index (κ2) is 8.78. The molecule has 0 radical (unpaired) electrons. The van der Waals surface area contributed by atoms with E-state index in [0.717, 1.165) is 19.3 Å². The van der Waals surface area contributed by atoms with Gasteiger partial charge in [0.05, 0.1) is 19.8 Å². The van der Waals surface area contributed by atoms with Gasteiger partial charge in [0.1, 0.15) is 0 Å².